The van der Waals surface area contributed by atoms with Crippen molar-refractivity contribution in [3.8, 4) is 0 Å². The zero-order valence-corrected chi connectivity index (χ0v) is 16.6. The summed E-state index contributed by atoms with van der Waals surface area (Å²) in [7, 11) is 0. The van der Waals surface area contributed by atoms with Crippen LogP contribution in [0.15, 0.2) is 78.2 Å². The Balaban J connectivity index is 1.78. The van der Waals surface area contributed by atoms with Crippen LogP contribution < -0.4 is 0 Å². The predicted molar refractivity (Wildman–Crippen MR) is 113 cm³/mol. The predicted octanol–water partition coefficient (Wildman–Crippen LogP) is 4.61. The average molecular weight is 410 g/mol. The number of hydrogen-bond acceptors (Lipinski definition) is 4. The molecule has 1 aliphatic heterocycles. The van der Waals surface area contributed by atoms with Gasteiger partial charge in [0.15, 0.2) is 0 Å². The number of aliphatic carboxylic acids is 1. The van der Waals surface area contributed by atoms with Crippen molar-refractivity contribution in [1.82, 2.24) is 4.90 Å². The minimum atomic E-state index is -0.959. The van der Waals surface area contributed by atoms with E-state index in [-0.39, 0.29) is 11.3 Å². The normalized spacial score (nSPS) is 19.1. The Morgan fingerprint density at radius 2 is 1.54 bits per heavy atom. The summed E-state index contributed by atoms with van der Waals surface area (Å²) in [4.78, 5) is 28.3. The van der Waals surface area contributed by atoms with Gasteiger partial charge in [0.05, 0.1) is 5.92 Å². The second-order valence-electron chi connectivity index (χ2n) is 6.56. The summed E-state index contributed by atoms with van der Waals surface area (Å²) in [6.07, 6.45) is 0. The molecule has 4 nitrogen and oxygen atoms in total. The molecule has 1 amide bonds. The van der Waals surface area contributed by atoms with Crippen molar-refractivity contribution >= 4 is 35.0 Å². The van der Waals surface area contributed by atoms with E-state index in [1.807, 2.05) is 78.2 Å². The molecule has 28 heavy (non-hydrogen) atoms. The summed E-state index contributed by atoms with van der Waals surface area (Å²) in [6.45, 7) is 0. The van der Waals surface area contributed by atoms with E-state index >= 15 is 0 Å². The van der Waals surface area contributed by atoms with E-state index in [2.05, 4.69) is 0 Å². The molecule has 1 aromatic heterocycles. The molecule has 1 N–H and O–H groups in total. The Bertz CT molecular complexity index is 905. The standard InChI is InChI=1S/C22H19NO3S2/c24-20(19(15-8-3-1-4-9-15)16-10-5-2-6-11-16)23-17(22(25)26)14-28-21(23)18-12-7-13-27-18/h1-13,17,19,21H,14H2,(H,25,26). The molecule has 1 saturated heterocycles. The first-order valence-corrected chi connectivity index (χ1v) is 10.9. The molecule has 2 aromatic carbocycles. The Labute approximate surface area is 171 Å². The first kappa shape index (κ1) is 18.8. The Hall–Kier alpha value is -2.57. The van der Waals surface area contributed by atoms with Crippen LogP contribution in [-0.4, -0.2) is 33.7 Å². The van der Waals surface area contributed by atoms with Crippen LogP contribution in [0, 0.1) is 0 Å². The zero-order chi connectivity index (χ0) is 19.5. The van der Waals surface area contributed by atoms with E-state index in [1.54, 1.807) is 16.2 Å². The molecule has 142 valence electrons. The van der Waals surface area contributed by atoms with E-state index in [1.165, 1.54) is 11.8 Å². The number of carboxylic acids is 1. The van der Waals surface area contributed by atoms with Gasteiger partial charge < -0.3 is 10.0 Å². The Morgan fingerprint density at radius 1 is 0.929 bits per heavy atom. The minimum Gasteiger partial charge on any atom is -0.480 e. The number of carboxylic acid groups (broad SMARTS) is 1. The van der Waals surface area contributed by atoms with Gasteiger partial charge in [0, 0.05) is 10.6 Å². The highest BCUT2D eigenvalue weighted by Gasteiger charge is 2.45. The van der Waals surface area contributed by atoms with Crippen molar-refractivity contribution in [2.75, 3.05) is 5.75 Å². The Morgan fingerprint density at radius 3 is 2.04 bits per heavy atom. The average Bonchev–Trinajstić information content (AvgIpc) is 3.39. The molecule has 2 unspecified atom stereocenters. The summed E-state index contributed by atoms with van der Waals surface area (Å²) in [5, 5.41) is 11.4. The van der Waals surface area contributed by atoms with Crippen molar-refractivity contribution in [3.63, 3.8) is 0 Å². The van der Waals surface area contributed by atoms with Gasteiger partial charge in [0.1, 0.15) is 11.4 Å². The Kier molecular flexibility index (Phi) is 5.50. The van der Waals surface area contributed by atoms with Crippen molar-refractivity contribution in [2.45, 2.75) is 17.3 Å². The molecular formula is C22H19NO3S2. The van der Waals surface area contributed by atoms with E-state index in [4.69, 9.17) is 0 Å². The topological polar surface area (TPSA) is 57.6 Å². The number of hydrogen-bond donors (Lipinski definition) is 1. The van der Waals surface area contributed by atoms with Crippen LogP contribution in [0.1, 0.15) is 27.3 Å². The summed E-state index contributed by atoms with van der Waals surface area (Å²) in [6, 6.07) is 22.2. The fourth-order valence-corrected chi connectivity index (χ4v) is 5.93. The highest BCUT2D eigenvalue weighted by Crippen LogP contribution is 2.45. The quantitative estimate of drug-likeness (QED) is 0.669. The third kappa shape index (κ3) is 3.57. The minimum absolute atomic E-state index is 0.173. The molecule has 0 radical (unpaired) electrons. The van der Waals surface area contributed by atoms with E-state index in [0.717, 1.165) is 16.0 Å². The number of amides is 1. The molecule has 0 saturated carbocycles. The lowest BCUT2D eigenvalue weighted by Gasteiger charge is -2.31. The molecule has 6 heteroatoms. The summed E-state index contributed by atoms with van der Waals surface area (Å²) in [5.41, 5.74) is 1.73. The number of rotatable bonds is 5. The van der Waals surface area contributed by atoms with E-state index in [0.29, 0.717) is 5.75 Å². The van der Waals surface area contributed by atoms with Crippen LogP contribution in [0.25, 0.3) is 0 Å². The van der Waals surface area contributed by atoms with Crippen LogP contribution >= 0.6 is 23.1 Å². The van der Waals surface area contributed by atoms with Crippen LogP contribution in [0.5, 0.6) is 0 Å². The van der Waals surface area contributed by atoms with Gasteiger partial charge in [-0.3, -0.25) is 4.79 Å². The fourth-order valence-electron chi connectivity index (χ4n) is 3.53. The second-order valence-corrected chi connectivity index (χ2v) is 8.65. The number of carbonyl (C=O) groups is 2. The van der Waals surface area contributed by atoms with E-state index < -0.39 is 17.9 Å². The smallest absolute Gasteiger partial charge is 0.327 e. The van der Waals surface area contributed by atoms with Gasteiger partial charge in [-0.15, -0.1) is 23.1 Å². The summed E-state index contributed by atoms with van der Waals surface area (Å²) in [5.74, 6) is -1.28. The first-order chi connectivity index (χ1) is 13.7. The number of thiophene rings is 1. The number of carbonyl (C=O) groups excluding carboxylic acids is 1. The molecule has 0 spiro atoms. The maximum atomic E-state index is 13.8. The third-order valence-electron chi connectivity index (χ3n) is 4.84. The largest absolute Gasteiger partial charge is 0.480 e. The van der Waals surface area contributed by atoms with E-state index in [9.17, 15) is 14.7 Å². The van der Waals surface area contributed by atoms with Gasteiger partial charge in [-0.05, 0) is 22.6 Å². The van der Waals surface area contributed by atoms with Crippen LogP contribution in [0.3, 0.4) is 0 Å². The third-order valence-corrected chi connectivity index (χ3v) is 7.22. The van der Waals surface area contributed by atoms with Crippen molar-refractivity contribution < 1.29 is 14.7 Å². The molecular weight excluding hydrogens is 390 g/mol. The van der Waals surface area contributed by atoms with Crippen molar-refractivity contribution in [3.05, 3.63) is 94.2 Å². The molecule has 2 atom stereocenters. The monoisotopic (exact) mass is 409 g/mol. The maximum absolute atomic E-state index is 13.8. The SMILES string of the molecule is O=C(O)C1CSC(c2cccs2)N1C(=O)C(c1ccccc1)c1ccccc1. The van der Waals surface area contributed by atoms with Crippen LogP contribution in [0.4, 0.5) is 0 Å². The van der Waals surface area contributed by atoms with Gasteiger partial charge in [0.2, 0.25) is 5.91 Å². The molecule has 4 rings (SSSR count). The van der Waals surface area contributed by atoms with Crippen LogP contribution in [-0.2, 0) is 9.59 Å². The number of benzene rings is 2. The lowest BCUT2D eigenvalue weighted by atomic mass is 9.89. The fraction of sp³-hybridized carbons (Fsp3) is 0.182. The van der Waals surface area contributed by atoms with Gasteiger partial charge in [0.25, 0.3) is 0 Å². The van der Waals surface area contributed by atoms with Crippen molar-refractivity contribution in [1.29, 1.82) is 0 Å². The lowest BCUT2D eigenvalue weighted by Crippen LogP contribution is -2.45. The first-order valence-electron chi connectivity index (χ1n) is 8.96. The molecule has 2 heterocycles. The highest BCUT2D eigenvalue weighted by molar-refractivity contribution is 7.99. The lowest BCUT2D eigenvalue weighted by molar-refractivity contribution is -0.149. The molecule has 0 bridgehead atoms. The van der Waals surface area contributed by atoms with Crippen LogP contribution in [0.2, 0.25) is 0 Å². The van der Waals surface area contributed by atoms with Gasteiger partial charge >= 0.3 is 5.97 Å². The zero-order valence-electron chi connectivity index (χ0n) is 15.0. The number of thioether (sulfide) groups is 1. The molecule has 1 aliphatic rings. The summed E-state index contributed by atoms with van der Waals surface area (Å²) >= 11 is 3.07. The molecule has 1 fully saturated rings. The number of nitrogens with zero attached hydrogens (tertiary/aromatic N) is 1. The second kappa shape index (κ2) is 8.20. The van der Waals surface area contributed by atoms with Gasteiger partial charge in [-0.1, -0.05) is 66.7 Å². The van der Waals surface area contributed by atoms with Gasteiger partial charge in [-0.25, -0.2) is 4.79 Å². The van der Waals surface area contributed by atoms with Crippen molar-refractivity contribution in [2.24, 2.45) is 0 Å². The molecule has 0 aliphatic carbocycles. The maximum Gasteiger partial charge on any atom is 0.327 e. The highest BCUT2D eigenvalue weighted by atomic mass is 32.2. The molecule has 3 aromatic rings. The van der Waals surface area contributed by atoms with Gasteiger partial charge in [-0.2, -0.15) is 0 Å². The summed E-state index contributed by atoms with van der Waals surface area (Å²) < 4.78 is 0.